The molecule has 0 unspecified atom stereocenters. The summed E-state index contributed by atoms with van der Waals surface area (Å²) in [5.74, 6) is 0.290. The van der Waals surface area contributed by atoms with Crippen molar-refractivity contribution in [2.24, 2.45) is 5.92 Å². The second-order valence-electron chi connectivity index (χ2n) is 6.58. The van der Waals surface area contributed by atoms with Crippen molar-refractivity contribution in [3.8, 4) is 0 Å². The van der Waals surface area contributed by atoms with Crippen LogP contribution >= 0.6 is 23.2 Å². The summed E-state index contributed by atoms with van der Waals surface area (Å²) in [6, 6.07) is 9.06. The first-order valence-electron chi connectivity index (χ1n) is 8.40. The van der Waals surface area contributed by atoms with Gasteiger partial charge < -0.3 is 4.90 Å². The third-order valence-electron chi connectivity index (χ3n) is 4.74. The average molecular weight is 393 g/mol. The van der Waals surface area contributed by atoms with E-state index in [1.807, 2.05) is 0 Å². The van der Waals surface area contributed by atoms with Gasteiger partial charge in [-0.15, -0.1) is 0 Å². The number of carbonyl (C=O) groups excluding carboxylic acids is 1. The molecule has 0 atom stereocenters. The van der Waals surface area contributed by atoms with Crippen LogP contribution in [0.15, 0.2) is 36.4 Å². The summed E-state index contributed by atoms with van der Waals surface area (Å²) >= 11 is 12.1. The van der Waals surface area contributed by atoms with E-state index in [9.17, 15) is 14.9 Å². The summed E-state index contributed by atoms with van der Waals surface area (Å²) in [5, 5.41) is 11.8. The molecule has 0 bridgehead atoms. The zero-order valence-corrected chi connectivity index (χ0v) is 15.8. The van der Waals surface area contributed by atoms with Gasteiger partial charge in [0.25, 0.3) is 5.69 Å². The van der Waals surface area contributed by atoms with Crippen LogP contribution in [-0.4, -0.2) is 23.8 Å². The molecule has 0 saturated carbocycles. The van der Waals surface area contributed by atoms with E-state index in [-0.39, 0.29) is 27.6 Å². The summed E-state index contributed by atoms with van der Waals surface area (Å²) in [7, 11) is 0. The van der Waals surface area contributed by atoms with E-state index in [1.165, 1.54) is 18.2 Å². The summed E-state index contributed by atoms with van der Waals surface area (Å²) < 4.78 is 0. The molecule has 2 aromatic rings. The molecular weight excluding hydrogens is 375 g/mol. The summed E-state index contributed by atoms with van der Waals surface area (Å²) in [6.45, 7) is 3.83. The fraction of sp³-hybridized carbons (Fsp3) is 0.316. The van der Waals surface area contributed by atoms with Crippen molar-refractivity contribution in [1.29, 1.82) is 0 Å². The topological polar surface area (TPSA) is 63.4 Å². The van der Waals surface area contributed by atoms with Gasteiger partial charge in [-0.3, -0.25) is 14.9 Å². The molecule has 1 aliphatic heterocycles. The third-order valence-corrected chi connectivity index (χ3v) is 5.28. The second kappa shape index (κ2) is 7.64. The summed E-state index contributed by atoms with van der Waals surface area (Å²) in [4.78, 5) is 25.9. The maximum absolute atomic E-state index is 13.1. The van der Waals surface area contributed by atoms with Gasteiger partial charge in [0.2, 0.25) is 0 Å². The van der Waals surface area contributed by atoms with Crippen molar-refractivity contribution in [3.05, 3.63) is 67.7 Å². The van der Waals surface area contributed by atoms with E-state index in [4.69, 9.17) is 23.2 Å². The molecule has 136 valence electrons. The van der Waals surface area contributed by atoms with Crippen LogP contribution in [0.3, 0.4) is 0 Å². The first kappa shape index (κ1) is 18.7. The van der Waals surface area contributed by atoms with Crippen LogP contribution in [0.4, 0.5) is 11.4 Å². The molecule has 0 aliphatic carbocycles. The Morgan fingerprint density at radius 2 is 1.81 bits per heavy atom. The number of rotatable bonds is 4. The summed E-state index contributed by atoms with van der Waals surface area (Å²) in [5.41, 5.74) is 1.16. The number of ketones is 1. The first-order valence-corrected chi connectivity index (χ1v) is 9.15. The van der Waals surface area contributed by atoms with Gasteiger partial charge in [-0.2, -0.15) is 0 Å². The van der Waals surface area contributed by atoms with Crippen LogP contribution in [0, 0.1) is 16.0 Å². The minimum Gasteiger partial charge on any atom is -0.371 e. The molecule has 1 heterocycles. The van der Waals surface area contributed by atoms with Crippen LogP contribution < -0.4 is 4.90 Å². The Morgan fingerprint density at radius 1 is 1.12 bits per heavy atom. The molecule has 2 aromatic carbocycles. The number of nitro groups is 1. The van der Waals surface area contributed by atoms with Crippen LogP contribution in [0.5, 0.6) is 0 Å². The highest BCUT2D eigenvalue weighted by molar-refractivity contribution is 6.37. The minimum absolute atomic E-state index is 0.118. The molecule has 3 rings (SSSR count). The number of benzene rings is 2. The van der Waals surface area contributed by atoms with Gasteiger partial charge in [0.05, 0.1) is 15.5 Å². The van der Waals surface area contributed by atoms with E-state index in [1.54, 1.807) is 18.2 Å². The minimum atomic E-state index is -0.498. The van der Waals surface area contributed by atoms with Gasteiger partial charge in [0.15, 0.2) is 5.78 Å². The molecule has 0 amide bonds. The van der Waals surface area contributed by atoms with Crippen LogP contribution in [0.25, 0.3) is 0 Å². The van der Waals surface area contributed by atoms with Gasteiger partial charge in [-0.1, -0.05) is 30.1 Å². The molecule has 1 aliphatic rings. The van der Waals surface area contributed by atoms with Crippen LogP contribution in [0.2, 0.25) is 10.0 Å². The van der Waals surface area contributed by atoms with Crippen molar-refractivity contribution in [2.75, 3.05) is 18.0 Å². The fourth-order valence-corrected chi connectivity index (χ4v) is 3.66. The highest BCUT2D eigenvalue weighted by Gasteiger charge is 2.25. The maximum atomic E-state index is 13.1. The predicted molar refractivity (Wildman–Crippen MR) is 104 cm³/mol. The van der Waals surface area contributed by atoms with Gasteiger partial charge in [0, 0.05) is 41.5 Å². The Labute approximate surface area is 161 Å². The third kappa shape index (κ3) is 3.84. The number of non-ortho nitro benzene ring substituents is 1. The Morgan fingerprint density at radius 3 is 2.42 bits per heavy atom. The molecule has 0 aromatic heterocycles. The zero-order valence-electron chi connectivity index (χ0n) is 14.2. The number of nitro benzene ring substituents is 1. The van der Waals surface area contributed by atoms with Gasteiger partial charge in [-0.25, -0.2) is 0 Å². The van der Waals surface area contributed by atoms with E-state index in [0.717, 1.165) is 25.9 Å². The fourth-order valence-electron chi connectivity index (χ4n) is 3.16. The first-order chi connectivity index (χ1) is 12.4. The van der Waals surface area contributed by atoms with E-state index >= 15 is 0 Å². The second-order valence-corrected chi connectivity index (χ2v) is 7.43. The normalized spacial score (nSPS) is 15.1. The Bertz CT molecular complexity index is 862. The smallest absolute Gasteiger partial charge is 0.270 e. The van der Waals surface area contributed by atoms with Gasteiger partial charge >= 0.3 is 0 Å². The maximum Gasteiger partial charge on any atom is 0.270 e. The van der Waals surface area contributed by atoms with E-state index in [0.29, 0.717) is 16.6 Å². The molecule has 7 heteroatoms. The van der Waals surface area contributed by atoms with Crippen molar-refractivity contribution in [3.63, 3.8) is 0 Å². The van der Waals surface area contributed by atoms with E-state index < -0.39 is 4.92 Å². The largest absolute Gasteiger partial charge is 0.371 e. The lowest BCUT2D eigenvalue weighted by atomic mass is 9.96. The zero-order chi connectivity index (χ0) is 18.8. The van der Waals surface area contributed by atoms with Crippen molar-refractivity contribution in [2.45, 2.75) is 19.8 Å². The van der Waals surface area contributed by atoms with Crippen molar-refractivity contribution < 1.29 is 9.72 Å². The lowest BCUT2D eigenvalue weighted by Gasteiger charge is -2.33. The number of anilines is 1. The van der Waals surface area contributed by atoms with Gasteiger partial charge in [0.1, 0.15) is 0 Å². The van der Waals surface area contributed by atoms with Gasteiger partial charge in [-0.05, 0) is 43.0 Å². The molecule has 0 radical (unpaired) electrons. The monoisotopic (exact) mass is 392 g/mol. The van der Waals surface area contributed by atoms with Crippen molar-refractivity contribution in [1.82, 2.24) is 0 Å². The highest BCUT2D eigenvalue weighted by atomic mass is 35.5. The van der Waals surface area contributed by atoms with Crippen LogP contribution in [0.1, 0.15) is 35.7 Å². The highest BCUT2D eigenvalue weighted by Crippen LogP contribution is 2.32. The quantitative estimate of drug-likeness (QED) is 0.398. The number of hydrogen-bond donors (Lipinski definition) is 0. The number of hydrogen-bond acceptors (Lipinski definition) is 4. The number of piperidine rings is 1. The Balaban J connectivity index is 2.06. The number of nitrogens with zero attached hydrogens (tertiary/aromatic N) is 2. The average Bonchev–Trinajstić information content (AvgIpc) is 2.61. The SMILES string of the molecule is CC1CCN(c2ccc([N+](=O)[O-])cc2C(=O)c2ccc(Cl)cc2Cl)CC1. The molecule has 5 nitrogen and oxygen atoms in total. The molecule has 26 heavy (non-hydrogen) atoms. The Hall–Kier alpha value is -2.11. The standard InChI is InChI=1S/C19H18Cl2N2O3/c1-12-6-8-22(9-7-12)18-5-3-14(23(25)26)11-16(18)19(24)15-4-2-13(20)10-17(15)21/h2-5,10-12H,6-9H2,1H3. The molecular formula is C19H18Cl2N2O3. The number of halogens is 2. The lowest BCUT2D eigenvalue weighted by Crippen LogP contribution is -2.33. The summed E-state index contributed by atoms with van der Waals surface area (Å²) in [6.07, 6.45) is 2.04. The molecule has 1 fully saturated rings. The lowest BCUT2D eigenvalue weighted by molar-refractivity contribution is -0.384. The molecule has 0 N–H and O–H groups in total. The predicted octanol–water partition coefficient (Wildman–Crippen LogP) is 5.37. The molecule has 1 saturated heterocycles. The Kier molecular flexibility index (Phi) is 5.49. The van der Waals surface area contributed by atoms with Crippen molar-refractivity contribution >= 4 is 40.4 Å². The van der Waals surface area contributed by atoms with E-state index in [2.05, 4.69) is 11.8 Å². The molecule has 0 spiro atoms. The van der Waals surface area contributed by atoms with Crippen LogP contribution in [-0.2, 0) is 0 Å². The number of carbonyl (C=O) groups is 1.